The lowest BCUT2D eigenvalue weighted by atomic mass is 9.88. The summed E-state index contributed by atoms with van der Waals surface area (Å²) in [6.45, 7) is 4.54. The maximum Gasteiger partial charge on any atom is 0.0352 e. The Morgan fingerprint density at radius 2 is 2.00 bits per heavy atom. The smallest absolute Gasteiger partial charge is 0.0352 e. The van der Waals surface area contributed by atoms with Gasteiger partial charge in [0.1, 0.15) is 0 Å². The van der Waals surface area contributed by atoms with Crippen molar-refractivity contribution in [2.75, 3.05) is 0 Å². The highest BCUT2D eigenvalue weighted by molar-refractivity contribution is 5.38. The summed E-state index contributed by atoms with van der Waals surface area (Å²) in [6, 6.07) is 1.32. The van der Waals surface area contributed by atoms with E-state index in [9.17, 15) is 0 Å². The Kier molecular flexibility index (Phi) is 1.67. The molecule has 76 valence electrons. The van der Waals surface area contributed by atoms with Gasteiger partial charge in [0, 0.05) is 29.4 Å². The Morgan fingerprint density at radius 3 is 2.86 bits per heavy atom. The summed E-state index contributed by atoms with van der Waals surface area (Å²) in [5.41, 5.74) is 4.53. The Morgan fingerprint density at radius 1 is 1.14 bits per heavy atom. The van der Waals surface area contributed by atoms with E-state index in [0.29, 0.717) is 12.1 Å². The third-order valence-electron chi connectivity index (χ3n) is 3.62. The average Bonchev–Trinajstić information content (AvgIpc) is 2.59. The Bertz CT molecular complexity index is 327. The summed E-state index contributed by atoms with van der Waals surface area (Å²) in [7, 11) is 0. The van der Waals surface area contributed by atoms with E-state index >= 15 is 0 Å². The standard InChI is InChI=1S/C12H18N2/c1-7-3-9-5-10-4-8(2)14-12(10)6-11(9)13-7/h6-9,13-14H,3-5H2,1-2H3. The molecule has 2 heterocycles. The number of rotatable bonds is 0. The van der Waals surface area contributed by atoms with Gasteiger partial charge in [-0.1, -0.05) is 0 Å². The van der Waals surface area contributed by atoms with E-state index in [0.717, 1.165) is 5.92 Å². The fourth-order valence-corrected chi connectivity index (χ4v) is 3.06. The molecule has 3 unspecified atom stereocenters. The van der Waals surface area contributed by atoms with Gasteiger partial charge in [0.15, 0.2) is 0 Å². The summed E-state index contributed by atoms with van der Waals surface area (Å²) in [4.78, 5) is 0. The fraction of sp³-hybridized carbons (Fsp3) is 0.667. The first kappa shape index (κ1) is 8.39. The van der Waals surface area contributed by atoms with Gasteiger partial charge >= 0.3 is 0 Å². The van der Waals surface area contributed by atoms with Crippen LogP contribution in [-0.4, -0.2) is 12.1 Å². The third-order valence-corrected chi connectivity index (χ3v) is 3.62. The molecule has 3 rings (SSSR count). The average molecular weight is 190 g/mol. The second kappa shape index (κ2) is 2.78. The number of allylic oxidation sites excluding steroid dienone is 2. The summed E-state index contributed by atoms with van der Waals surface area (Å²) >= 11 is 0. The summed E-state index contributed by atoms with van der Waals surface area (Å²) in [6.07, 6.45) is 6.20. The van der Waals surface area contributed by atoms with Gasteiger partial charge in [-0.2, -0.15) is 0 Å². The molecule has 0 aromatic heterocycles. The van der Waals surface area contributed by atoms with Crippen molar-refractivity contribution in [2.45, 2.75) is 45.2 Å². The van der Waals surface area contributed by atoms with Gasteiger partial charge in [0.25, 0.3) is 0 Å². The molecule has 2 aliphatic heterocycles. The highest BCUT2D eigenvalue weighted by atomic mass is 15.0. The van der Waals surface area contributed by atoms with Crippen LogP contribution in [0, 0.1) is 5.92 Å². The second-order valence-electron chi connectivity index (χ2n) is 5.05. The predicted molar refractivity (Wildman–Crippen MR) is 57.6 cm³/mol. The second-order valence-corrected chi connectivity index (χ2v) is 5.05. The lowest BCUT2D eigenvalue weighted by molar-refractivity contribution is 0.572. The van der Waals surface area contributed by atoms with Crippen molar-refractivity contribution >= 4 is 0 Å². The van der Waals surface area contributed by atoms with E-state index in [4.69, 9.17) is 0 Å². The monoisotopic (exact) mass is 190 g/mol. The minimum atomic E-state index is 0.646. The van der Waals surface area contributed by atoms with Crippen molar-refractivity contribution in [3.05, 3.63) is 23.0 Å². The summed E-state index contributed by atoms with van der Waals surface area (Å²) < 4.78 is 0. The van der Waals surface area contributed by atoms with Gasteiger partial charge in [0.05, 0.1) is 0 Å². The highest BCUT2D eigenvalue weighted by Crippen LogP contribution is 2.38. The molecular weight excluding hydrogens is 172 g/mol. The van der Waals surface area contributed by atoms with E-state index in [1.807, 2.05) is 0 Å². The van der Waals surface area contributed by atoms with Crippen LogP contribution in [0.4, 0.5) is 0 Å². The lowest BCUT2D eigenvalue weighted by Gasteiger charge is -2.18. The largest absolute Gasteiger partial charge is 0.386 e. The van der Waals surface area contributed by atoms with Gasteiger partial charge < -0.3 is 10.6 Å². The molecule has 1 aliphatic carbocycles. The molecule has 0 bridgehead atoms. The zero-order valence-electron chi connectivity index (χ0n) is 8.93. The van der Waals surface area contributed by atoms with Crippen LogP contribution in [0.3, 0.4) is 0 Å². The first-order valence-corrected chi connectivity index (χ1v) is 5.69. The van der Waals surface area contributed by atoms with Crippen molar-refractivity contribution in [3.63, 3.8) is 0 Å². The van der Waals surface area contributed by atoms with Gasteiger partial charge in [-0.25, -0.2) is 0 Å². The van der Waals surface area contributed by atoms with Crippen LogP contribution in [0.1, 0.15) is 33.1 Å². The number of nitrogens with one attached hydrogen (secondary N) is 2. The Balaban J connectivity index is 1.87. The highest BCUT2D eigenvalue weighted by Gasteiger charge is 2.33. The van der Waals surface area contributed by atoms with E-state index in [1.54, 1.807) is 5.57 Å². The molecule has 2 N–H and O–H groups in total. The van der Waals surface area contributed by atoms with Crippen molar-refractivity contribution in [1.82, 2.24) is 10.6 Å². The molecular formula is C12H18N2. The topological polar surface area (TPSA) is 24.1 Å². The van der Waals surface area contributed by atoms with Crippen molar-refractivity contribution in [3.8, 4) is 0 Å². The minimum Gasteiger partial charge on any atom is -0.386 e. The molecule has 3 aliphatic rings. The normalized spacial score (nSPS) is 39.9. The molecule has 2 heteroatoms. The molecule has 1 fully saturated rings. The molecule has 3 atom stereocenters. The molecule has 0 spiro atoms. The first-order chi connectivity index (χ1) is 6.72. The van der Waals surface area contributed by atoms with E-state index < -0.39 is 0 Å². The fourth-order valence-electron chi connectivity index (χ4n) is 3.06. The van der Waals surface area contributed by atoms with E-state index in [-0.39, 0.29) is 0 Å². The maximum atomic E-state index is 3.57. The van der Waals surface area contributed by atoms with Crippen LogP contribution in [0.15, 0.2) is 23.0 Å². The summed E-state index contributed by atoms with van der Waals surface area (Å²) in [5, 5.41) is 7.12. The van der Waals surface area contributed by atoms with Crippen LogP contribution < -0.4 is 10.6 Å². The molecule has 0 saturated carbocycles. The van der Waals surface area contributed by atoms with Crippen LogP contribution in [-0.2, 0) is 0 Å². The molecule has 14 heavy (non-hydrogen) atoms. The summed E-state index contributed by atoms with van der Waals surface area (Å²) in [5.74, 6) is 0.788. The van der Waals surface area contributed by atoms with Crippen molar-refractivity contribution < 1.29 is 0 Å². The number of fused-ring (bicyclic) bond motifs is 1. The van der Waals surface area contributed by atoms with Gasteiger partial charge in [0.2, 0.25) is 0 Å². The van der Waals surface area contributed by atoms with Crippen LogP contribution in [0.2, 0.25) is 0 Å². The lowest BCUT2D eigenvalue weighted by Crippen LogP contribution is -2.20. The van der Waals surface area contributed by atoms with Crippen LogP contribution in [0.25, 0.3) is 0 Å². The quantitative estimate of drug-likeness (QED) is 0.609. The van der Waals surface area contributed by atoms with E-state index in [1.165, 1.54) is 30.7 Å². The molecule has 2 nitrogen and oxygen atoms in total. The van der Waals surface area contributed by atoms with Gasteiger partial charge in [-0.15, -0.1) is 0 Å². The maximum absolute atomic E-state index is 3.57. The predicted octanol–water partition coefficient (Wildman–Crippen LogP) is 1.91. The van der Waals surface area contributed by atoms with Gasteiger partial charge in [-0.3, -0.25) is 0 Å². The number of hydrogen-bond donors (Lipinski definition) is 2. The van der Waals surface area contributed by atoms with Gasteiger partial charge in [-0.05, 0) is 44.8 Å². The molecule has 1 saturated heterocycles. The van der Waals surface area contributed by atoms with Crippen LogP contribution >= 0.6 is 0 Å². The first-order valence-electron chi connectivity index (χ1n) is 5.69. The zero-order valence-corrected chi connectivity index (χ0v) is 8.93. The SMILES string of the molecule is CC1CC2CC3=C(C=C2N1)NC(C)C3. The number of hydrogen-bond acceptors (Lipinski definition) is 2. The van der Waals surface area contributed by atoms with Crippen LogP contribution in [0.5, 0.6) is 0 Å². The molecule has 0 aromatic rings. The Hall–Kier alpha value is -0.920. The molecule has 0 amide bonds. The third kappa shape index (κ3) is 1.17. The van der Waals surface area contributed by atoms with Crippen molar-refractivity contribution in [1.29, 1.82) is 0 Å². The zero-order chi connectivity index (χ0) is 9.71. The van der Waals surface area contributed by atoms with Crippen molar-refractivity contribution in [2.24, 2.45) is 5.92 Å². The molecule has 0 aromatic carbocycles. The minimum absolute atomic E-state index is 0.646. The van der Waals surface area contributed by atoms with E-state index in [2.05, 4.69) is 30.6 Å². The molecule has 0 radical (unpaired) electrons. The Labute approximate surface area is 85.5 Å².